The Hall–Kier alpha value is -0.820. The minimum Gasteiger partial charge on any atom is -0.351 e. The van der Waals surface area contributed by atoms with Crippen LogP contribution in [0.4, 0.5) is 4.79 Å². The van der Waals surface area contributed by atoms with E-state index >= 15 is 0 Å². The van der Waals surface area contributed by atoms with Crippen LogP contribution in [0.5, 0.6) is 0 Å². The molecule has 16 heavy (non-hydrogen) atoms. The van der Waals surface area contributed by atoms with Gasteiger partial charge in [-0.2, -0.15) is 0 Å². The monoisotopic (exact) mass is 247 g/mol. The van der Waals surface area contributed by atoms with Crippen LogP contribution in [0.15, 0.2) is 0 Å². The Morgan fingerprint density at radius 2 is 1.88 bits per heavy atom. The van der Waals surface area contributed by atoms with Gasteiger partial charge in [-0.15, -0.1) is 0 Å². The fraction of sp³-hybridized carbons (Fsp3) is 0.889. The maximum atomic E-state index is 11.7. The number of nitrogens with two attached hydrogens (primary N) is 1. The molecule has 0 bridgehead atoms. The largest absolute Gasteiger partial charge is 0.351 e. The minimum atomic E-state index is -3.56. The van der Waals surface area contributed by atoms with Crippen molar-refractivity contribution in [2.24, 2.45) is 11.1 Å². The first kappa shape index (κ1) is 11.7. The normalized spacial score (nSPS) is 25.0. The molecule has 0 unspecified atom stereocenters. The van der Waals surface area contributed by atoms with Crippen LogP contribution >= 0.6 is 0 Å². The van der Waals surface area contributed by atoms with E-state index in [1.807, 2.05) is 4.72 Å². The standard InChI is InChI=1S/C9H17N3O3S/c10-8(13)12-16(14,15)7-1-3-9(4-2-7)5-11-6-9/h7,11H,1-6H2,(H3,10,12,13). The Labute approximate surface area is 95.0 Å². The molecular weight excluding hydrogens is 230 g/mol. The van der Waals surface area contributed by atoms with Crippen molar-refractivity contribution in [3.05, 3.63) is 0 Å². The average Bonchev–Trinajstić information content (AvgIpc) is 2.13. The van der Waals surface area contributed by atoms with Crippen molar-refractivity contribution in [3.63, 3.8) is 0 Å². The van der Waals surface area contributed by atoms with Crippen molar-refractivity contribution < 1.29 is 13.2 Å². The quantitative estimate of drug-likeness (QED) is 0.613. The Kier molecular flexibility index (Phi) is 2.83. The summed E-state index contributed by atoms with van der Waals surface area (Å²) < 4.78 is 25.2. The first-order valence-electron chi connectivity index (χ1n) is 5.45. The van der Waals surface area contributed by atoms with Crippen LogP contribution < -0.4 is 15.8 Å². The number of carbonyl (C=O) groups is 1. The second-order valence-electron chi connectivity index (χ2n) is 4.81. The highest BCUT2D eigenvalue weighted by Crippen LogP contribution is 2.40. The molecule has 1 aliphatic carbocycles. The van der Waals surface area contributed by atoms with E-state index in [1.54, 1.807) is 0 Å². The fourth-order valence-corrected chi connectivity index (χ4v) is 3.87. The molecule has 7 heteroatoms. The zero-order valence-electron chi connectivity index (χ0n) is 9.03. The predicted molar refractivity (Wildman–Crippen MR) is 59.2 cm³/mol. The molecule has 0 radical (unpaired) electrons. The molecule has 1 heterocycles. The maximum Gasteiger partial charge on any atom is 0.325 e. The molecule has 2 amide bonds. The molecule has 92 valence electrons. The van der Waals surface area contributed by atoms with Gasteiger partial charge in [-0.05, 0) is 31.1 Å². The molecule has 1 aliphatic heterocycles. The molecule has 1 spiro atoms. The lowest BCUT2D eigenvalue weighted by Gasteiger charge is -2.47. The highest BCUT2D eigenvalue weighted by atomic mass is 32.2. The van der Waals surface area contributed by atoms with E-state index in [0.29, 0.717) is 18.3 Å². The molecular formula is C9H17N3O3S. The number of primary amides is 1. The summed E-state index contributed by atoms with van der Waals surface area (Å²) in [6.45, 7) is 1.98. The van der Waals surface area contributed by atoms with Gasteiger partial charge in [-0.25, -0.2) is 17.9 Å². The van der Waals surface area contributed by atoms with Crippen molar-refractivity contribution >= 4 is 16.1 Å². The lowest BCUT2D eigenvalue weighted by molar-refractivity contribution is 0.108. The first-order chi connectivity index (χ1) is 7.44. The highest BCUT2D eigenvalue weighted by Gasteiger charge is 2.43. The van der Waals surface area contributed by atoms with Crippen LogP contribution in [0.2, 0.25) is 0 Å². The average molecular weight is 247 g/mol. The van der Waals surface area contributed by atoms with Gasteiger partial charge in [0.1, 0.15) is 0 Å². The van der Waals surface area contributed by atoms with E-state index < -0.39 is 21.3 Å². The molecule has 1 saturated heterocycles. The molecule has 2 aliphatic rings. The summed E-state index contributed by atoms with van der Waals surface area (Å²) in [5.74, 6) is 0. The Balaban J connectivity index is 1.95. The van der Waals surface area contributed by atoms with Crippen LogP contribution in [0.1, 0.15) is 25.7 Å². The number of sulfonamides is 1. The SMILES string of the molecule is NC(=O)NS(=O)(=O)C1CCC2(CC1)CNC2. The molecule has 2 fully saturated rings. The number of amides is 2. The lowest BCUT2D eigenvalue weighted by Crippen LogP contribution is -2.56. The van der Waals surface area contributed by atoms with E-state index in [0.717, 1.165) is 25.9 Å². The van der Waals surface area contributed by atoms with Gasteiger partial charge in [0.25, 0.3) is 0 Å². The van der Waals surface area contributed by atoms with E-state index in [4.69, 9.17) is 5.73 Å². The van der Waals surface area contributed by atoms with Gasteiger partial charge < -0.3 is 11.1 Å². The van der Waals surface area contributed by atoms with Crippen LogP contribution in [0, 0.1) is 5.41 Å². The van der Waals surface area contributed by atoms with Gasteiger partial charge in [0, 0.05) is 13.1 Å². The summed E-state index contributed by atoms with van der Waals surface area (Å²) in [5.41, 5.74) is 5.15. The van der Waals surface area contributed by atoms with Crippen LogP contribution in [0.25, 0.3) is 0 Å². The number of carbonyl (C=O) groups excluding carboxylic acids is 1. The summed E-state index contributed by atoms with van der Waals surface area (Å²) in [4.78, 5) is 10.6. The summed E-state index contributed by atoms with van der Waals surface area (Å²) >= 11 is 0. The molecule has 6 nitrogen and oxygen atoms in total. The number of rotatable bonds is 2. The zero-order valence-corrected chi connectivity index (χ0v) is 9.85. The Morgan fingerprint density at radius 3 is 2.25 bits per heavy atom. The van der Waals surface area contributed by atoms with Gasteiger partial charge in [0.2, 0.25) is 10.0 Å². The van der Waals surface area contributed by atoms with Crippen molar-refractivity contribution in [2.45, 2.75) is 30.9 Å². The lowest BCUT2D eigenvalue weighted by atomic mass is 9.70. The van der Waals surface area contributed by atoms with Crippen LogP contribution in [-0.2, 0) is 10.0 Å². The van der Waals surface area contributed by atoms with Gasteiger partial charge in [-0.1, -0.05) is 0 Å². The number of nitrogens with one attached hydrogen (secondary N) is 2. The molecule has 0 aromatic carbocycles. The van der Waals surface area contributed by atoms with E-state index in [-0.39, 0.29) is 0 Å². The highest BCUT2D eigenvalue weighted by molar-refractivity contribution is 7.90. The summed E-state index contributed by atoms with van der Waals surface area (Å²) in [6, 6.07) is -0.995. The van der Waals surface area contributed by atoms with Crippen molar-refractivity contribution in [2.75, 3.05) is 13.1 Å². The second-order valence-corrected chi connectivity index (χ2v) is 6.78. The molecule has 0 atom stereocenters. The van der Waals surface area contributed by atoms with Crippen molar-refractivity contribution in [1.29, 1.82) is 0 Å². The topological polar surface area (TPSA) is 101 Å². The zero-order chi connectivity index (χ0) is 11.8. The number of urea groups is 1. The predicted octanol–water partition coefficient (Wildman–Crippen LogP) is -0.483. The van der Waals surface area contributed by atoms with E-state index in [9.17, 15) is 13.2 Å². The summed E-state index contributed by atoms with van der Waals surface area (Å²) in [6.07, 6.45) is 3.04. The molecule has 0 aromatic heterocycles. The van der Waals surface area contributed by atoms with Gasteiger partial charge in [0.15, 0.2) is 0 Å². The second kappa shape index (κ2) is 3.89. The van der Waals surface area contributed by atoms with Gasteiger partial charge in [0.05, 0.1) is 5.25 Å². The maximum absolute atomic E-state index is 11.7. The third-order valence-electron chi connectivity index (χ3n) is 3.67. The number of hydrogen-bond donors (Lipinski definition) is 3. The van der Waals surface area contributed by atoms with Crippen molar-refractivity contribution in [1.82, 2.24) is 10.0 Å². The summed E-state index contributed by atoms with van der Waals surface area (Å²) in [7, 11) is -3.56. The molecule has 4 N–H and O–H groups in total. The summed E-state index contributed by atoms with van der Waals surface area (Å²) in [5, 5.41) is 2.75. The van der Waals surface area contributed by atoms with Crippen molar-refractivity contribution in [3.8, 4) is 0 Å². The fourth-order valence-electron chi connectivity index (χ4n) is 2.57. The van der Waals surface area contributed by atoms with Gasteiger partial charge >= 0.3 is 6.03 Å². The molecule has 1 saturated carbocycles. The molecule has 0 aromatic rings. The van der Waals surface area contributed by atoms with Crippen LogP contribution in [-0.4, -0.2) is 32.8 Å². The van der Waals surface area contributed by atoms with Gasteiger partial charge in [-0.3, -0.25) is 0 Å². The Bertz CT molecular complexity index is 379. The third kappa shape index (κ3) is 2.15. The first-order valence-corrected chi connectivity index (χ1v) is 7.00. The molecule has 2 rings (SSSR count). The minimum absolute atomic E-state index is 0.318. The smallest absolute Gasteiger partial charge is 0.325 e. The van der Waals surface area contributed by atoms with E-state index in [2.05, 4.69) is 5.32 Å². The van der Waals surface area contributed by atoms with E-state index in [1.165, 1.54) is 0 Å². The third-order valence-corrected chi connectivity index (χ3v) is 5.51. The Morgan fingerprint density at radius 1 is 1.31 bits per heavy atom. The number of hydrogen-bond acceptors (Lipinski definition) is 4. The van der Waals surface area contributed by atoms with Crippen LogP contribution in [0.3, 0.4) is 0 Å².